The van der Waals surface area contributed by atoms with Gasteiger partial charge in [-0.3, -0.25) is 4.98 Å². The highest BCUT2D eigenvalue weighted by atomic mass is 14.7. The number of nitrogens with zero attached hydrogens (tertiary/aromatic N) is 1. The van der Waals surface area contributed by atoms with Gasteiger partial charge in [-0.2, -0.15) is 0 Å². The minimum absolute atomic E-state index is 0.432. The van der Waals surface area contributed by atoms with Gasteiger partial charge in [-0.15, -0.1) is 0 Å². The first-order valence-corrected chi connectivity index (χ1v) is 5.36. The second-order valence-electron chi connectivity index (χ2n) is 3.90. The molecule has 0 spiro atoms. The first-order valence-electron chi connectivity index (χ1n) is 5.36. The minimum atomic E-state index is 0.432. The highest BCUT2D eigenvalue weighted by Gasteiger charge is 2.09. The summed E-state index contributed by atoms with van der Waals surface area (Å²) in [5.74, 6) is 0.432. The normalized spacial score (nSPS) is 12.9. The largest absolute Gasteiger partial charge is 0.330 e. The molecule has 0 saturated heterocycles. The Kier molecular flexibility index (Phi) is 2.97. The van der Waals surface area contributed by atoms with Crippen molar-refractivity contribution in [2.24, 2.45) is 5.73 Å². The summed E-state index contributed by atoms with van der Waals surface area (Å²) in [6, 6.07) is 10.4. The molecule has 0 saturated carbocycles. The Bertz CT molecular complexity index is 446. The molecular formula is C13H16N2. The van der Waals surface area contributed by atoms with Crippen LogP contribution in [0, 0.1) is 0 Å². The Morgan fingerprint density at radius 3 is 2.87 bits per heavy atom. The van der Waals surface area contributed by atoms with Crippen LogP contribution in [-0.2, 0) is 0 Å². The molecule has 0 aliphatic carbocycles. The molecule has 15 heavy (non-hydrogen) atoms. The maximum Gasteiger partial charge on any atom is 0.0510 e. The molecule has 2 aromatic rings. The fourth-order valence-electron chi connectivity index (χ4n) is 1.92. The summed E-state index contributed by atoms with van der Waals surface area (Å²) in [5.41, 5.74) is 6.75. The van der Waals surface area contributed by atoms with Gasteiger partial charge in [-0.25, -0.2) is 0 Å². The lowest BCUT2D eigenvalue weighted by atomic mass is 9.98. The molecule has 0 fully saturated rings. The van der Waals surface area contributed by atoms with Crippen LogP contribution in [0.3, 0.4) is 0 Å². The van der Waals surface area contributed by atoms with E-state index in [-0.39, 0.29) is 0 Å². The van der Waals surface area contributed by atoms with E-state index in [2.05, 4.69) is 36.2 Å². The predicted octanol–water partition coefficient (Wildman–Crippen LogP) is 2.69. The van der Waals surface area contributed by atoms with E-state index in [1.54, 1.807) is 0 Å². The van der Waals surface area contributed by atoms with E-state index in [0.29, 0.717) is 12.5 Å². The zero-order valence-electron chi connectivity index (χ0n) is 8.98. The first kappa shape index (κ1) is 10.1. The molecule has 2 heteroatoms. The number of benzene rings is 1. The van der Waals surface area contributed by atoms with Crippen molar-refractivity contribution in [3.05, 3.63) is 42.2 Å². The molecule has 1 aromatic heterocycles. The number of hydrogen-bond donors (Lipinski definition) is 1. The summed E-state index contributed by atoms with van der Waals surface area (Å²) in [6.45, 7) is 2.90. The van der Waals surface area contributed by atoms with Crippen LogP contribution >= 0.6 is 0 Å². The highest BCUT2D eigenvalue weighted by molar-refractivity contribution is 5.84. The maximum atomic E-state index is 5.58. The van der Waals surface area contributed by atoms with Crippen LogP contribution in [0.1, 0.15) is 25.0 Å². The summed E-state index contributed by atoms with van der Waals surface area (Å²) >= 11 is 0. The van der Waals surface area contributed by atoms with Gasteiger partial charge in [0.1, 0.15) is 0 Å². The molecule has 1 unspecified atom stereocenters. The Labute approximate surface area is 90.1 Å². The fraction of sp³-hybridized carbons (Fsp3) is 0.308. The summed E-state index contributed by atoms with van der Waals surface area (Å²) in [7, 11) is 0. The third kappa shape index (κ3) is 2.00. The standard InChI is InChI=1S/C13H16N2/c1-10(6-8-14)13-12-5-3-2-4-11(12)7-9-15-13/h2-5,7,9-10H,6,8,14H2,1H3. The van der Waals surface area contributed by atoms with E-state index in [1.165, 1.54) is 16.5 Å². The van der Waals surface area contributed by atoms with Crippen molar-refractivity contribution in [2.45, 2.75) is 19.3 Å². The van der Waals surface area contributed by atoms with Gasteiger partial charge in [-0.05, 0) is 24.4 Å². The van der Waals surface area contributed by atoms with Gasteiger partial charge in [-0.1, -0.05) is 31.2 Å². The van der Waals surface area contributed by atoms with E-state index in [0.717, 1.165) is 6.42 Å². The van der Waals surface area contributed by atoms with Gasteiger partial charge in [0, 0.05) is 17.5 Å². The Hall–Kier alpha value is -1.41. The summed E-state index contributed by atoms with van der Waals surface area (Å²) in [5, 5.41) is 2.51. The quantitative estimate of drug-likeness (QED) is 0.827. The third-order valence-electron chi connectivity index (χ3n) is 2.77. The lowest BCUT2D eigenvalue weighted by molar-refractivity contribution is 0.676. The second kappa shape index (κ2) is 4.41. The SMILES string of the molecule is CC(CCN)c1nccc2ccccc12. The van der Waals surface area contributed by atoms with E-state index in [1.807, 2.05) is 12.3 Å². The number of pyridine rings is 1. The molecule has 0 amide bonds. The molecule has 2 nitrogen and oxygen atoms in total. The molecule has 0 radical (unpaired) electrons. The fourth-order valence-corrected chi connectivity index (χ4v) is 1.92. The van der Waals surface area contributed by atoms with Gasteiger partial charge in [0.2, 0.25) is 0 Å². The van der Waals surface area contributed by atoms with Crippen molar-refractivity contribution in [3.8, 4) is 0 Å². The zero-order valence-corrected chi connectivity index (χ0v) is 8.98. The zero-order chi connectivity index (χ0) is 10.7. The highest BCUT2D eigenvalue weighted by Crippen LogP contribution is 2.24. The average Bonchev–Trinajstić information content (AvgIpc) is 2.28. The van der Waals surface area contributed by atoms with E-state index in [9.17, 15) is 0 Å². The number of hydrogen-bond acceptors (Lipinski definition) is 2. The summed E-state index contributed by atoms with van der Waals surface area (Å²) in [6.07, 6.45) is 2.87. The smallest absolute Gasteiger partial charge is 0.0510 e. The minimum Gasteiger partial charge on any atom is -0.330 e. The Morgan fingerprint density at radius 1 is 1.27 bits per heavy atom. The van der Waals surface area contributed by atoms with Crippen LogP contribution in [0.5, 0.6) is 0 Å². The average molecular weight is 200 g/mol. The van der Waals surface area contributed by atoms with Crippen LogP contribution in [0.2, 0.25) is 0 Å². The van der Waals surface area contributed by atoms with Crippen molar-refractivity contribution in [3.63, 3.8) is 0 Å². The summed E-state index contributed by atoms with van der Waals surface area (Å²) < 4.78 is 0. The maximum absolute atomic E-state index is 5.58. The number of fused-ring (bicyclic) bond motifs is 1. The van der Waals surface area contributed by atoms with E-state index >= 15 is 0 Å². The third-order valence-corrected chi connectivity index (χ3v) is 2.77. The molecule has 0 bridgehead atoms. The molecule has 0 aliphatic rings. The Balaban J connectivity index is 2.50. The topological polar surface area (TPSA) is 38.9 Å². The van der Waals surface area contributed by atoms with Crippen LogP contribution in [0.25, 0.3) is 10.8 Å². The van der Waals surface area contributed by atoms with Crippen molar-refractivity contribution in [1.82, 2.24) is 4.98 Å². The molecule has 78 valence electrons. The molecule has 2 rings (SSSR count). The second-order valence-corrected chi connectivity index (χ2v) is 3.90. The number of aromatic nitrogens is 1. The molecule has 2 N–H and O–H groups in total. The van der Waals surface area contributed by atoms with Crippen molar-refractivity contribution < 1.29 is 0 Å². The van der Waals surface area contributed by atoms with Crippen LogP contribution in [0.15, 0.2) is 36.5 Å². The van der Waals surface area contributed by atoms with Crippen molar-refractivity contribution in [2.75, 3.05) is 6.54 Å². The van der Waals surface area contributed by atoms with Crippen LogP contribution < -0.4 is 5.73 Å². The van der Waals surface area contributed by atoms with E-state index in [4.69, 9.17) is 5.73 Å². The number of rotatable bonds is 3. The lowest BCUT2D eigenvalue weighted by Crippen LogP contribution is -2.06. The van der Waals surface area contributed by atoms with Gasteiger partial charge >= 0.3 is 0 Å². The monoisotopic (exact) mass is 200 g/mol. The van der Waals surface area contributed by atoms with Crippen LogP contribution in [-0.4, -0.2) is 11.5 Å². The molecule has 1 heterocycles. The predicted molar refractivity (Wildman–Crippen MR) is 63.8 cm³/mol. The van der Waals surface area contributed by atoms with Crippen molar-refractivity contribution >= 4 is 10.8 Å². The molecule has 0 aliphatic heterocycles. The van der Waals surface area contributed by atoms with Gasteiger partial charge in [0.05, 0.1) is 5.69 Å². The number of nitrogens with two attached hydrogens (primary N) is 1. The Morgan fingerprint density at radius 2 is 2.07 bits per heavy atom. The van der Waals surface area contributed by atoms with Crippen molar-refractivity contribution in [1.29, 1.82) is 0 Å². The first-order chi connectivity index (χ1) is 7.33. The van der Waals surface area contributed by atoms with Gasteiger partial charge in [0.25, 0.3) is 0 Å². The lowest BCUT2D eigenvalue weighted by Gasteiger charge is -2.12. The van der Waals surface area contributed by atoms with Gasteiger partial charge < -0.3 is 5.73 Å². The van der Waals surface area contributed by atoms with Gasteiger partial charge in [0.15, 0.2) is 0 Å². The summed E-state index contributed by atoms with van der Waals surface area (Å²) in [4.78, 5) is 4.47. The van der Waals surface area contributed by atoms with Crippen LogP contribution in [0.4, 0.5) is 0 Å². The van der Waals surface area contributed by atoms with E-state index < -0.39 is 0 Å². The molecule has 1 aromatic carbocycles. The molecular weight excluding hydrogens is 184 g/mol. The molecule has 1 atom stereocenters.